The molecule has 2 heterocycles. The number of methoxy groups -OCH3 is 1. The second kappa shape index (κ2) is 7.98. The van der Waals surface area contributed by atoms with Crippen LogP contribution in [0.5, 0.6) is 0 Å². The van der Waals surface area contributed by atoms with Gasteiger partial charge in [0, 0.05) is 11.9 Å². The van der Waals surface area contributed by atoms with Gasteiger partial charge < -0.3 is 19.8 Å². The van der Waals surface area contributed by atoms with Crippen molar-refractivity contribution in [2.75, 3.05) is 12.4 Å². The van der Waals surface area contributed by atoms with Gasteiger partial charge in [-0.05, 0) is 42.5 Å². The van der Waals surface area contributed by atoms with Crippen molar-refractivity contribution in [1.82, 2.24) is 10.3 Å². The van der Waals surface area contributed by atoms with Crippen LogP contribution in [0, 0.1) is 0 Å². The molecule has 7 heteroatoms. The number of furan rings is 1. The summed E-state index contributed by atoms with van der Waals surface area (Å²) in [4.78, 5) is 27.8. The summed E-state index contributed by atoms with van der Waals surface area (Å²) in [5.41, 5.74) is 2.30. The van der Waals surface area contributed by atoms with Crippen molar-refractivity contribution in [2.45, 2.75) is 6.54 Å². The van der Waals surface area contributed by atoms with E-state index in [2.05, 4.69) is 20.4 Å². The average Bonchev–Trinajstić information content (AvgIpc) is 3.20. The summed E-state index contributed by atoms with van der Waals surface area (Å²) in [5, 5.41) is 5.91. The highest BCUT2D eigenvalue weighted by Crippen LogP contribution is 2.18. The number of nitrogens with zero attached hydrogens (tertiary/aromatic N) is 1. The van der Waals surface area contributed by atoms with Gasteiger partial charge in [-0.3, -0.25) is 9.78 Å². The minimum absolute atomic E-state index is 0.251. The number of benzene rings is 1. The van der Waals surface area contributed by atoms with Crippen LogP contribution in [0.2, 0.25) is 0 Å². The van der Waals surface area contributed by atoms with Crippen LogP contribution in [0.4, 0.5) is 11.4 Å². The number of anilines is 2. The highest BCUT2D eigenvalue weighted by molar-refractivity contribution is 5.95. The maximum Gasteiger partial charge on any atom is 0.337 e. The van der Waals surface area contributed by atoms with Gasteiger partial charge in [-0.25, -0.2) is 4.79 Å². The Kier molecular flexibility index (Phi) is 5.28. The number of pyridine rings is 1. The van der Waals surface area contributed by atoms with E-state index in [1.807, 2.05) is 0 Å². The van der Waals surface area contributed by atoms with Crippen LogP contribution in [0.1, 0.15) is 26.5 Å². The molecule has 0 unspecified atom stereocenters. The zero-order chi connectivity index (χ0) is 18.4. The minimum atomic E-state index is -0.395. The molecule has 1 aromatic carbocycles. The molecule has 3 aromatic rings. The Morgan fingerprint density at radius 1 is 1.08 bits per heavy atom. The summed E-state index contributed by atoms with van der Waals surface area (Å²) in [6.45, 7) is 0.304. The third kappa shape index (κ3) is 4.27. The van der Waals surface area contributed by atoms with Crippen molar-refractivity contribution < 1.29 is 18.7 Å². The molecule has 0 spiro atoms. The Bertz CT molecular complexity index is 889. The monoisotopic (exact) mass is 351 g/mol. The number of hydrogen-bond donors (Lipinski definition) is 2. The largest absolute Gasteiger partial charge is 0.467 e. The van der Waals surface area contributed by atoms with Gasteiger partial charge in [0.05, 0.1) is 42.9 Å². The second-order valence-corrected chi connectivity index (χ2v) is 5.42. The summed E-state index contributed by atoms with van der Waals surface area (Å²) in [5.74, 6) is 0.0262. The summed E-state index contributed by atoms with van der Waals surface area (Å²) in [6, 6.07) is 12.0. The molecule has 2 aromatic heterocycles. The van der Waals surface area contributed by atoms with Gasteiger partial charge in [-0.1, -0.05) is 0 Å². The van der Waals surface area contributed by atoms with Crippen molar-refractivity contribution in [3.8, 4) is 0 Å². The Morgan fingerprint density at radius 2 is 1.88 bits per heavy atom. The molecule has 0 aliphatic rings. The number of carbonyl (C=O) groups excluding carboxylic acids is 2. The maximum absolute atomic E-state index is 12.2. The lowest BCUT2D eigenvalue weighted by atomic mass is 10.2. The molecule has 1 amide bonds. The van der Waals surface area contributed by atoms with Gasteiger partial charge in [0.25, 0.3) is 5.91 Å². The molecule has 0 fully saturated rings. The van der Waals surface area contributed by atoms with E-state index in [9.17, 15) is 9.59 Å². The number of amides is 1. The van der Waals surface area contributed by atoms with E-state index < -0.39 is 5.97 Å². The van der Waals surface area contributed by atoms with Crippen LogP contribution in [-0.4, -0.2) is 24.0 Å². The summed E-state index contributed by atoms with van der Waals surface area (Å²) in [6.07, 6.45) is 4.65. The standard InChI is InChI=1S/C19H17N3O4/c1-25-19(24)13-4-6-15(7-5-13)22-16-9-14(10-20-11-16)18(23)21-12-17-3-2-8-26-17/h2-11,22H,12H2,1H3,(H,21,23). The zero-order valence-electron chi connectivity index (χ0n) is 14.1. The van der Waals surface area contributed by atoms with E-state index in [4.69, 9.17) is 4.42 Å². The van der Waals surface area contributed by atoms with Crippen LogP contribution < -0.4 is 10.6 Å². The predicted molar refractivity (Wildman–Crippen MR) is 95.2 cm³/mol. The lowest BCUT2D eigenvalue weighted by Crippen LogP contribution is -2.22. The number of esters is 1. The fraction of sp³-hybridized carbons (Fsp3) is 0.105. The molecule has 132 valence electrons. The van der Waals surface area contributed by atoms with Gasteiger partial charge in [-0.15, -0.1) is 0 Å². The quantitative estimate of drug-likeness (QED) is 0.663. The number of aromatic nitrogens is 1. The highest BCUT2D eigenvalue weighted by atomic mass is 16.5. The first-order valence-corrected chi connectivity index (χ1v) is 7.87. The SMILES string of the molecule is COC(=O)c1ccc(Nc2cncc(C(=O)NCc3ccco3)c2)cc1. The number of rotatable bonds is 6. The smallest absolute Gasteiger partial charge is 0.337 e. The molecular formula is C19H17N3O4. The molecule has 0 saturated carbocycles. The molecule has 0 radical (unpaired) electrons. The third-order valence-corrected chi connectivity index (χ3v) is 3.60. The van der Waals surface area contributed by atoms with Gasteiger partial charge in [0.2, 0.25) is 0 Å². The molecule has 0 atom stereocenters. The van der Waals surface area contributed by atoms with E-state index >= 15 is 0 Å². The lowest BCUT2D eigenvalue weighted by molar-refractivity contribution is 0.0600. The van der Waals surface area contributed by atoms with Crippen molar-refractivity contribution in [2.24, 2.45) is 0 Å². The zero-order valence-corrected chi connectivity index (χ0v) is 14.1. The predicted octanol–water partition coefficient (Wildman–Crippen LogP) is 3.13. The topological polar surface area (TPSA) is 93.5 Å². The first-order chi connectivity index (χ1) is 12.7. The summed E-state index contributed by atoms with van der Waals surface area (Å²) >= 11 is 0. The molecular weight excluding hydrogens is 334 g/mol. The normalized spacial score (nSPS) is 10.2. The molecule has 26 heavy (non-hydrogen) atoms. The maximum atomic E-state index is 12.2. The van der Waals surface area contributed by atoms with Gasteiger partial charge >= 0.3 is 5.97 Å². The van der Waals surface area contributed by atoms with Crippen LogP contribution in [0.25, 0.3) is 0 Å². The van der Waals surface area contributed by atoms with Crippen LogP contribution in [0.3, 0.4) is 0 Å². The van der Waals surface area contributed by atoms with E-state index in [-0.39, 0.29) is 5.91 Å². The Labute approximate surface area is 150 Å². The summed E-state index contributed by atoms with van der Waals surface area (Å²) < 4.78 is 9.85. The highest BCUT2D eigenvalue weighted by Gasteiger charge is 2.09. The van der Waals surface area contributed by atoms with Crippen molar-refractivity contribution in [3.05, 3.63) is 78.0 Å². The van der Waals surface area contributed by atoms with E-state index in [1.54, 1.807) is 54.9 Å². The first kappa shape index (κ1) is 17.2. The molecule has 0 aliphatic heterocycles. The molecule has 7 nitrogen and oxygen atoms in total. The molecule has 0 saturated heterocycles. The fourth-order valence-corrected chi connectivity index (χ4v) is 2.29. The molecule has 0 bridgehead atoms. The van der Waals surface area contributed by atoms with E-state index in [0.717, 1.165) is 5.69 Å². The Morgan fingerprint density at radius 3 is 2.58 bits per heavy atom. The van der Waals surface area contributed by atoms with E-state index in [0.29, 0.717) is 29.1 Å². The van der Waals surface area contributed by atoms with Gasteiger partial charge in [0.1, 0.15) is 5.76 Å². The first-order valence-electron chi connectivity index (χ1n) is 7.87. The number of ether oxygens (including phenoxy) is 1. The second-order valence-electron chi connectivity index (χ2n) is 5.42. The lowest BCUT2D eigenvalue weighted by Gasteiger charge is -2.09. The molecule has 2 N–H and O–H groups in total. The van der Waals surface area contributed by atoms with Crippen LogP contribution in [-0.2, 0) is 11.3 Å². The van der Waals surface area contributed by atoms with Crippen molar-refractivity contribution >= 4 is 23.3 Å². The van der Waals surface area contributed by atoms with Crippen molar-refractivity contribution in [3.63, 3.8) is 0 Å². The fourth-order valence-electron chi connectivity index (χ4n) is 2.29. The van der Waals surface area contributed by atoms with Crippen LogP contribution >= 0.6 is 0 Å². The van der Waals surface area contributed by atoms with Crippen molar-refractivity contribution in [1.29, 1.82) is 0 Å². The average molecular weight is 351 g/mol. The third-order valence-electron chi connectivity index (χ3n) is 3.60. The van der Waals surface area contributed by atoms with Gasteiger partial charge in [0.15, 0.2) is 0 Å². The number of hydrogen-bond acceptors (Lipinski definition) is 6. The Balaban J connectivity index is 1.65. The number of carbonyl (C=O) groups is 2. The minimum Gasteiger partial charge on any atom is -0.467 e. The van der Waals surface area contributed by atoms with E-state index in [1.165, 1.54) is 13.3 Å². The number of nitrogens with one attached hydrogen (secondary N) is 2. The van der Waals surface area contributed by atoms with Gasteiger partial charge in [-0.2, -0.15) is 0 Å². The Hall–Kier alpha value is -3.61. The molecule has 0 aliphatic carbocycles. The van der Waals surface area contributed by atoms with Crippen LogP contribution in [0.15, 0.2) is 65.5 Å². The molecule has 3 rings (SSSR count). The summed E-state index contributed by atoms with van der Waals surface area (Å²) in [7, 11) is 1.34.